The van der Waals surface area contributed by atoms with Crippen LogP contribution in [0, 0.1) is 14.4 Å². The monoisotopic (exact) mass is 352 g/mol. The topological polar surface area (TPSA) is 12.5 Å². The molecule has 1 heterocycles. The van der Waals surface area contributed by atoms with Crippen molar-refractivity contribution < 1.29 is 37.4 Å². The number of rotatable bonds is 3. The molecule has 20 heavy (non-hydrogen) atoms. The molecule has 1 radical (unpaired) electrons. The van der Waals surface area contributed by atoms with Crippen molar-refractivity contribution in [3.63, 3.8) is 0 Å². The molecule has 0 spiro atoms. The van der Waals surface area contributed by atoms with Crippen LogP contribution in [0.2, 0.25) is 0 Å². The van der Waals surface area contributed by atoms with Gasteiger partial charge in [0.15, 0.2) is 0 Å². The van der Waals surface area contributed by atoms with Crippen LogP contribution in [-0.4, -0.2) is 30.1 Å². The van der Waals surface area contributed by atoms with E-state index in [0.29, 0.717) is 0 Å². The first kappa shape index (κ1) is 22.4. The van der Waals surface area contributed by atoms with Crippen molar-refractivity contribution in [1.82, 2.24) is 4.90 Å². The molecule has 0 unspecified atom stereocenters. The summed E-state index contributed by atoms with van der Waals surface area (Å²) in [6.45, 7) is 13.2. The first-order valence-electron chi connectivity index (χ1n) is 6.97. The van der Waals surface area contributed by atoms with Gasteiger partial charge in [-0.1, -0.05) is 32.0 Å². The van der Waals surface area contributed by atoms with Crippen LogP contribution in [0.5, 0.6) is 5.75 Å². The van der Waals surface area contributed by atoms with Gasteiger partial charge in [-0.25, -0.2) is 0 Å². The number of para-hydroxylation sites is 1. The maximum Gasteiger partial charge on any atom is 0.120 e. The van der Waals surface area contributed by atoms with Gasteiger partial charge in [0.2, 0.25) is 0 Å². The van der Waals surface area contributed by atoms with E-state index in [0.717, 1.165) is 38.2 Å². The van der Waals surface area contributed by atoms with Crippen LogP contribution in [-0.2, 0) is 32.7 Å². The molecule has 0 saturated carbocycles. The molecule has 1 aromatic rings. The van der Waals surface area contributed by atoms with E-state index in [4.69, 9.17) is 4.74 Å². The largest absolute Gasteiger partial charge is 0.487 e. The van der Waals surface area contributed by atoms with Gasteiger partial charge in [0, 0.05) is 32.7 Å². The second-order valence-electron chi connectivity index (χ2n) is 4.71. The minimum Gasteiger partial charge on any atom is -0.487 e. The maximum atomic E-state index is 6.09. The number of hydrogen-bond donors (Lipinski definition) is 0. The number of likely N-dealkylation sites (tertiary alicyclic amines) is 1. The third kappa shape index (κ3) is 7.20. The van der Waals surface area contributed by atoms with E-state index < -0.39 is 0 Å². The van der Waals surface area contributed by atoms with Crippen LogP contribution in [0.15, 0.2) is 30.3 Å². The molecule has 3 heteroatoms. The second kappa shape index (κ2) is 11.7. The molecular weight excluding hydrogens is 323 g/mol. The quantitative estimate of drug-likeness (QED) is 0.755. The van der Waals surface area contributed by atoms with Gasteiger partial charge in [-0.05, 0) is 45.0 Å². The Balaban J connectivity index is 0. The zero-order valence-electron chi connectivity index (χ0n) is 13.6. The van der Waals surface area contributed by atoms with Gasteiger partial charge in [-0.15, -0.1) is 6.54 Å². The van der Waals surface area contributed by atoms with Crippen molar-refractivity contribution >= 4 is 0 Å². The minimum atomic E-state index is -0.00692. The van der Waals surface area contributed by atoms with Crippen LogP contribution in [0.4, 0.5) is 0 Å². The van der Waals surface area contributed by atoms with E-state index in [1.54, 1.807) is 0 Å². The SMILES string of the molecule is CC.[CH2-]CN1CCC(C)(Oc2ccccc2)CC1.[CH3-].[Y]. The third-order valence-corrected chi connectivity index (χ3v) is 3.34. The van der Waals surface area contributed by atoms with Crippen molar-refractivity contribution in [1.29, 1.82) is 0 Å². The zero-order valence-corrected chi connectivity index (χ0v) is 16.4. The number of benzene rings is 1. The number of hydrogen-bond acceptors (Lipinski definition) is 2. The van der Waals surface area contributed by atoms with Crippen molar-refractivity contribution in [2.75, 3.05) is 19.6 Å². The van der Waals surface area contributed by atoms with Gasteiger partial charge >= 0.3 is 0 Å². The predicted molar refractivity (Wildman–Crippen MR) is 84.3 cm³/mol. The fourth-order valence-electron chi connectivity index (χ4n) is 2.12. The van der Waals surface area contributed by atoms with Gasteiger partial charge in [0.25, 0.3) is 0 Å². The molecule has 0 aromatic heterocycles. The summed E-state index contributed by atoms with van der Waals surface area (Å²) < 4.78 is 6.09. The molecule has 1 aliphatic rings. The summed E-state index contributed by atoms with van der Waals surface area (Å²) in [5.41, 5.74) is -0.00692. The summed E-state index contributed by atoms with van der Waals surface area (Å²) in [6, 6.07) is 10.1. The van der Waals surface area contributed by atoms with Crippen LogP contribution in [0.1, 0.15) is 33.6 Å². The van der Waals surface area contributed by atoms with Crippen LogP contribution < -0.4 is 4.74 Å². The van der Waals surface area contributed by atoms with Gasteiger partial charge in [0.1, 0.15) is 11.4 Å². The maximum absolute atomic E-state index is 6.09. The number of ether oxygens (including phenoxy) is 1. The minimum absolute atomic E-state index is 0. The van der Waals surface area contributed by atoms with E-state index in [1.807, 2.05) is 44.2 Å². The molecule has 0 N–H and O–H groups in total. The Kier molecular flexibility index (Phi) is 13.1. The number of piperidine rings is 1. The molecule has 0 atom stereocenters. The average Bonchev–Trinajstić information content (AvgIpc) is 2.43. The summed E-state index contributed by atoms with van der Waals surface area (Å²) in [4.78, 5) is 2.37. The first-order chi connectivity index (χ1) is 8.72. The van der Waals surface area contributed by atoms with Crippen LogP contribution >= 0.6 is 0 Å². The molecule has 2 rings (SSSR count). The molecule has 0 aliphatic carbocycles. The molecule has 1 saturated heterocycles. The molecular formula is C17H29NOY-2. The molecule has 113 valence electrons. The Hall–Kier alpha value is 0.0839. The number of nitrogens with zero attached hydrogens (tertiary/aromatic N) is 1. The standard InChI is InChI=1S/C14H20NO.C2H6.CH3.Y/c1-3-15-11-9-14(2,10-12-15)16-13-7-5-4-6-8-13;1-2;;/h4-8H,1,3,9-12H2,2H3;1-2H3;1H3;/q-1;;-1;. The normalized spacial score (nSPS) is 16.8. The summed E-state index contributed by atoms with van der Waals surface area (Å²) >= 11 is 0. The van der Waals surface area contributed by atoms with E-state index in [2.05, 4.69) is 18.7 Å². The Morgan fingerprint density at radius 2 is 1.65 bits per heavy atom. The van der Waals surface area contributed by atoms with Crippen molar-refractivity contribution in [2.24, 2.45) is 0 Å². The Morgan fingerprint density at radius 1 is 1.15 bits per heavy atom. The molecule has 2 nitrogen and oxygen atoms in total. The van der Waals surface area contributed by atoms with E-state index in [-0.39, 0.29) is 45.7 Å². The first-order valence-corrected chi connectivity index (χ1v) is 6.97. The van der Waals surface area contributed by atoms with Crippen molar-refractivity contribution in [3.05, 3.63) is 44.7 Å². The fourth-order valence-corrected chi connectivity index (χ4v) is 2.12. The van der Waals surface area contributed by atoms with E-state index >= 15 is 0 Å². The van der Waals surface area contributed by atoms with Crippen LogP contribution in [0.3, 0.4) is 0 Å². The Morgan fingerprint density at radius 3 is 2.10 bits per heavy atom. The Bertz CT molecular complexity index is 321. The average molecular weight is 352 g/mol. The van der Waals surface area contributed by atoms with Gasteiger partial charge in [0.05, 0.1) is 0 Å². The van der Waals surface area contributed by atoms with E-state index in [1.165, 1.54) is 0 Å². The fraction of sp³-hybridized carbons (Fsp3) is 0.529. The molecule has 1 aliphatic heterocycles. The zero-order chi connectivity index (χ0) is 13.4. The molecule has 1 fully saturated rings. The molecule has 0 bridgehead atoms. The van der Waals surface area contributed by atoms with E-state index in [9.17, 15) is 0 Å². The summed E-state index contributed by atoms with van der Waals surface area (Å²) in [7, 11) is 0. The second-order valence-corrected chi connectivity index (χ2v) is 4.71. The summed E-state index contributed by atoms with van der Waals surface area (Å²) in [5.74, 6) is 0.980. The van der Waals surface area contributed by atoms with Gasteiger partial charge < -0.3 is 24.0 Å². The Labute approximate surface area is 151 Å². The van der Waals surface area contributed by atoms with Crippen molar-refractivity contribution in [3.8, 4) is 5.75 Å². The van der Waals surface area contributed by atoms with Crippen molar-refractivity contribution in [2.45, 2.75) is 39.2 Å². The van der Waals surface area contributed by atoms with Crippen LogP contribution in [0.25, 0.3) is 0 Å². The summed E-state index contributed by atoms with van der Waals surface area (Å²) in [6.07, 6.45) is 2.16. The van der Waals surface area contributed by atoms with Gasteiger partial charge in [-0.3, -0.25) is 0 Å². The molecule has 1 aromatic carbocycles. The smallest absolute Gasteiger partial charge is 0.120 e. The van der Waals surface area contributed by atoms with Gasteiger partial charge in [-0.2, -0.15) is 0 Å². The summed E-state index contributed by atoms with van der Waals surface area (Å²) in [5, 5.41) is 0. The third-order valence-electron chi connectivity index (χ3n) is 3.34. The predicted octanol–water partition coefficient (Wildman–Crippen LogP) is 4.23. The molecule has 0 amide bonds.